The maximum Gasteiger partial charge on any atom is 0.129 e. The average molecular weight is 155 g/mol. The number of hydrogen-bond acceptors (Lipinski definition) is 2. The highest BCUT2D eigenvalue weighted by atomic mass is 16.5. The summed E-state index contributed by atoms with van der Waals surface area (Å²) < 4.78 is 5.16. The molecule has 11 heavy (non-hydrogen) atoms. The van der Waals surface area contributed by atoms with Crippen LogP contribution in [-0.2, 0) is 4.74 Å². The van der Waals surface area contributed by atoms with Crippen LogP contribution < -0.4 is 0 Å². The fourth-order valence-electron chi connectivity index (χ4n) is 0.732. The van der Waals surface area contributed by atoms with Gasteiger partial charge in [0, 0.05) is 7.11 Å². The molecule has 0 radical (unpaired) electrons. The molecule has 0 heterocycles. The Morgan fingerprint density at radius 2 is 1.91 bits per heavy atom. The van der Waals surface area contributed by atoms with E-state index in [1.54, 1.807) is 7.11 Å². The summed E-state index contributed by atoms with van der Waals surface area (Å²) in [5, 5.41) is 0. The zero-order valence-electron chi connectivity index (χ0n) is 7.74. The van der Waals surface area contributed by atoms with Gasteiger partial charge in [0.25, 0.3) is 0 Å². The van der Waals surface area contributed by atoms with Gasteiger partial charge in [-0.05, 0) is 27.1 Å². The van der Waals surface area contributed by atoms with Crippen LogP contribution in [0.2, 0.25) is 0 Å². The van der Waals surface area contributed by atoms with Gasteiger partial charge in [-0.25, -0.2) is 0 Å². The van der Waals surface area contributed by atoms with Crippen molar-refractivity contribution < 1.29 is 4.74 Å². The first-order chi connectivity index (χ1) is 5.22. The Balaban J connectivity index is 3.86. The van der Waals surface area contributed by atoms with Crippen molar-refractivity contribution in [3.63, 3.8) is 0 Å². The van der Waals surface area contributed by atoms with Crippen LogP contribution >= 0.6 is 0 Å². The third-order valence-electron chi connectivity index (χ3n) is 1.33. The topological polar surface area (TPSA) is 12.5 Å². The predicted molar refractivity (Wildman–Crippen MR) is 48.4 cm³/mol. The number of nitrogens with zero attached hydrogens (tertiary/aromatic N) is 1. The molecule has 0 aliphatic heterocycles. The summed E-state index contributed by atoms with van der Waals surface area (Å²) in [7, 11) is 5.66. The lowest BCUT2D eigenvalue weighted by atomic mass is 10.4. The van der Waals surface area contributed by atoms with E-state index >= 15 is 0 Å². The van der Waals surface area contributed by atoms with Crippen molar-refractivity contribution in [3.8, 4) is 0 Å². The number of rotatable bonds is 4. The van der Waals surface area contributed by atoms with E-state index in [1.807, 2.05) is 50.2 Å². The summed E-state index contributed by atoms with van der Waals surface area (Å²) in [5.41, 5.74) is 0. The molecule has 0 bridgehead atoms. The van der Waals surface area contributed by atoms with Crippen molar-refractivity contribution >= 4 is 0 Å². The molecule has 0 aromatic rings. The van der Waals surface area contributed by atoms with E-state index in [1.165, 1.54) is 0 Å². The largest absolute Gasteiger partial charge is 0.363 e. The van der Waals surface area contributed by atoms with Crippen molar-refractivity contribution in [2.75, 3.05) is 21.2 Å². The van der Waals surface area contributed by atoms with Crippen LogP contribution in [0.1, 0.15) is 6.92 Å². The van der Waals surface area contributed by atoms with Gasteiger partial charge in [-0.15, -0.1) is 0 Å². The third-order valence-corrected chi connectivity index (χ3v) is 1.33. The summed E-state index contributed by atoms with van der Waals surface area (Å²) in [5.74, 6) is 0. The standard InChI is InChI=1S/C9H17NO/c1-5-6-7-8-9(11-4)10(2)3/h5-9H,1-4H3/b6-5-,8-7-. The van der Waals surface area contributed by atoms with Crippen molar-refractivity contribution in [3.05, 3.63) is 24.3 Å². The predicted octanol–water partition coefficient (Wildman–Crippen LogP) is 1.65. The van der Waals surface area contributed by atoms with Crippen LogP contribution in [0, 0.1) is 0 Å². The molecule has 0 saturated heterocycles. The van der Waals surface area contributed by atoms with Crippen molar-refractivity contribution in [1.82, 2.24) is 4.90 Å². The van der Waals surface area contributed by atoms with Gasteiger partial charge >= 0.3 is 0 Å². The molecule has 0 N–H and O–H groups in total. The molecule has 0 aliphatic carbocycles. The van der Waals surface area contributed by atoms with E-state index in [4.69, 9.17) is 4.74 Å². The fraction of sp³-hybridized carbons (Fsp3) is 0.556. The second-order valence-corrected chi connectivity index (χ2v) is 2.50. The molecule has 64 valence electrons. The summed E-state index contributed by atoms with van der Waals surface area (Å²) in [4.78, 5) is 2.00. The lowest BCUT2D eigenvalue weighted by Crippen LogP contribution is -2.27. The SMILES string of the molecule is C/C=C\C=C/C(OC)N(C)C. The summed E-state index contributed by atoms with van der Waals surface area (Å²) in [6.45, 7) is 1.99. The van der Waals surface area contributed by atoms with Crippen LogP contribution in [0.15, 0.2) is 24.3 Å². The van der Waals surface area contributed by atoms with E-state index < -0.39 is 0 Å². The lowest BCUT2D eigenvalue weighted by molar-refractivity contribution is 0.0342. The Hall–Kier alpha value is -0.600. The second kappa shape index (κ2) is 6.13. The van der Waals surface area contributed by atoms with Crippen LogP contribution in [0.3, 0.4) is 0 Å². The van der Waals surface area contributed by atoms with Crippen molar-refractivity contribution in [2.24, 2.45) is 0 Å². The van der Waals surface area contributed by atoms with E-state index in [0.29, 0.717) is 0 Å². The highest BCUT2D eigenvalue weighted by molar-refractivity contribution is 5.03. The maximum atomic E-state index is 5.16. The second-order valence-electron chi connectivity index (χ2n) is 2.50. The Kier molecular flexibility index (Phi) is 5.80. The summed E-state index contributed by atoms with van der Waals surface area (Å²) >= 11 is 0. The molecule has 0 aliphatic rings. The Bertz CT molecular complexity index is 138. The first kappa shape index (κ1) is 10.4. The molecule has 0 rings (SSSR count). The van der Waals surface area contributed by atoms with Gasteiger partial charge < -0.3 is 4.74 Å². The van der Waals surface area contributed by atoms with Gasteiger partial charge in [0.2, 0.25) is 0 Å². The smallest absolute Gasteiger partial charge is 0.129 e. The van der Waals surface area contributed by atoms with Crippen LogP contribution in [-0.4, -0.2) is 32.3 Å². The average Bonchev–Trinajstić information content (AvgIpc) is 1.97. The normalized spacial score (nSPS) is 15.4. The number of allylic oxidation sites excluding steroid dienone is 3. The van der Waals surface area contributed by atoms with Crippen molar-refractivity contribution in [2.45, 2.75) is 13.2 Å². The van der Waals surface area contributed by atoms with E-state index in [0.717, 1.165) is 0 Å². The molecular weight excluding hydrogens is 138 g/mol. The molecule has 0 amide bonds. The maximum absolute atomic E-state index is 5.16. The summed E-state index contributed by atoms with van der Waals surface area (Å²) in [6, 6.07) is 0. The Morgan fingerprint density at radius 1 is 1.27 bits per heavy atom. The summed E-state index contributed by atoms with van der Waals surface area (Å²) in [6.07, 6.45) is 8.02. The van der Waals surface area contributed by atoms with Crippen LogP contribution in [0.4, 0.5) is 0 Å². The van der Waals surface area contributed by atoms with Gasteiger partial charge in [-0.1, -0.05) is 18.2 Å². The van der Waals surface area contributed by atoms with Gasteiger partial charge in [0.15, 0.2) is 0 Å². The molecule has 2 nitrogen and oxygen atoms in total. The molecule has 1 atom stereocenters. The molecule has 2 heteroatoms. The highest BCUT2D eigenvalue weighted by Gasteiger charge is 2.02. The van der Waals surface area contributed by atoms with Gasteiger partial charge in [0.05, 0.1) is 0 Å². The molecule has 0 saturated carbocycles. The lowest BCUT2D eigenvalue weighted by Gasteiger charge is -2.18. The minimum absolute atomic E-state index is 0.0752. The quantitative estimate of drug-likeness (QED) is 0.452. The first-order valence-electron chi connectivity index (χ1n) is 3.71. The minimum atomic E-state index is 0.0752. The minimum Gasteiger partial charge on any atom is -0.363 e. The molecule has 0 fully saturated rings. The molecule has 0 aromatic heterocycles. The molecule has 0 aromatic carbocycles. The van der Waals surface area contributed by atoms with Crippen molar-refractivity contribution in [1.29, 1.82) is 0 Å². The number of hydrogen-bond donors (Lipinski definition) is 0. The van der Waals surface area contributed by atoms with E-state index in [9.17, 15) is 0 Å². The van der Waals surface area contributed by atoms with Crippen LogP contribution in [0.25, 0.3) is 0 Å². The van der Waals surface area contributed by atoms with Crippen LogP contribution in [0.5, 0.6) is 0 Å². The number of ether oxygens (including phenoxy) is 1. The zero-order chi connectivity index (χ0) is 8.69. The van der Waals surface area contributed by atoms with Gasteiger partial charge in [-0.2, -0.15) is 0 Å². The zero-order valence-corrected chi connectivity index (χ0v) is 7.74. The number of likely N-dealkylation sites (N-methyl/N-ethyl adjacent to an activating group) is 1. The van der Waals surface area contributed by atoms with Gasteiger partial charge in [0.1, 0.15) is 6.23 Å². The van der Waals surface area contributed by atoms with Gasteiger partial charge in [-0.3, -0.25) is 4.90 Å². The van der Waals surface area contributed by atoms with E-state index in [-0.39, 0.29) is 6.23 Å². The molecule has 0 spiro atoms. The Labute approximate surface area is 69.2 Å². The monoisotopic (exact) mass is 155 g/mol. The Morgan fingerprint density at radius 3 is 2.27 bits per heavy atom. The fourth-order valence-corrected chi connectivity index (χ4v) is 0.732. The first-order valence-corrected chi connectivity index (χ1v) is 3.71. The number of methoxy groups -OCH3 is 1. The highest BCUT2D eigenvalue weighted by Crippen LogP contribution is 1.95. The molecule has 1 unspecified atom stereocenters. The van der Waals surface area contributed by atoms with E-state index in [2.05, 4.69) is 0 Å². The molecular formula is C9H17NO. The third kappa shape index (κ3) is 4.76.